The molecule has 1 saturated heterocycles. The zero-order valence-electron chi connectivity index (χ0n) is 17.2. The lowest BCUT2D eigenvalue weighted by Crippen LogP contribution is -2.28. The van der Waals surface area contributed by atoms with Crippen LogP contribution in [0, 0.1) is 13.8 Å². The van der Waals surface area contributed by atoms with Crippen LogP contribution in [0.1, 0.15) is 29.4 Å². The van der Waals surface area contributed by atoms with Gasteiger partial charge >= 0.3 is 0 Å². The van der Waals surface area contributed by atoms with Crippen LogP contribution in [-0.2, 0) is 21.2 Å². The molecule has 1 aromatic carbocycles. The van der Waals surface area contributed by atoms with Gasteiger partial charge in [-0.3, -0.25) is 9.48 Å². The molecule has 30 heavy (non-hydrogen) atoms. The number of oxazole rings is 1. The number of hydrogen-bond donors (Lipinski definition) is 0. The average Bonchev–Trinajstić information content (AvgIpc) is 3.36. The van der Waals surface area contributed by atoms with Crippen molar-refractivity contribution >= 4 is 38.6 Å². The molecule has 0 spiro atoms. The van der Waals surface area contributed by atoms with Gasteiger partial charge in [0.1, 0.15) is 5.52 Å². The molecule has 160 valence electrons. The molecule has 0 radical (unpaired) electrons. The third-order valence-electron chi connectivity index (χ3n) is 5.44. The molecule has 2 aromatic heterocycles. The van der Waals surface area contributed by atoms with Gasteiger partial charge in [0.25, 0.3) is 5.22 Å². The van der Waals surface area contributed by atoms with Gasteiger partial charge in [-0.15, -0.1) is 0 Å². The Morgan fingerprint density at radius 2 is 2.10 bits per heavy atom. The van der Waals surface area contributed by atoms with E-state index in [0.717, 1.165) is 22.5 Å². The SMILES string of the molecule is Cc1nn(C2CCS(=O)(=O)C2)c(C)c1CN(C)C(=O)CSc1nc2ccccc2o1. The molecule has 1 aliphatic heterocycles. The minimum Gasteiger partial charge on any atom is -0.431 e. The number of rotatable bonds is 6. The van der Waals surface area contributed by atoms with Crippen molar-refractivity contribution in [1.82, 2.24) is 19.7 Å². The lowest BCUT2D eigenvalue weighted by molar-refractivity contribution is -0.127. The zero-order chi connectivity index (χ0) is 21.5. The third-order valence-corrected chi connectivity index (χ3v) is 8.01. The van der Waals surface area contributed by atoms with Crippen molar-refractivity contribution in [1.29, 1.82) is 0 Å². The van der Waals surface area contributed by atoms with Crippen LogP contribution in [0.4, 0.5) is 0 Å². The number of aryl methyl sites for hydroxylation is 1. The number of nitrogens with zero attached hydrogens (tertiary/aromatic N) is 4. The molecule has 0 saturated carbocycles. The second-order valence-electron chi connectivity index (χ2n) is 7.64. The molecule has 3 aromatic rings. The highest BCUT2D eigenvalue weighted by molar-refractivity contribution is 7.99. The molecule has 3 heterocycles. The summed E-state index contributed by atoms with van der Waals surface area (Å²) < 4.78 is 31.1. The van der Waals surface area contributed by atoms with E-state index < -0.39 is 9.84 Å². The van der Waals surface area contributed by atoms with E-state index in [1.54, 1.807) is 11.9 Å². The van der Waals surface area contributed by atoms with Crippen LogP contribution in [0.5, 0.6) is 0 Å². The topological polar surface area (TPSA) is 98.3 Å². The van der Waals surface area contributed by atoms with Crippen molar-refractivity contribution in [3.05, 3.63) is 41.2 Å². The zero-order valence-corrected chi connectivity index (χ0v) is 18.8. The summed E-state index contributed by atoms with van der Waals surface area (Å²) in [5.41, 5.74) is 4.17. The second-order valence-corrected chi connectivity index (χ2v) is 10.8. The first-order chi connectivity index (χ1) is 14.2. The molecule has 1 fully saturated rings. The standard InChI is InChI=1S/C20H24N4O4S2/c1-13-16(14(2)24(22-13)15-8-9-30(26,27)12-15)10-23(3)19(25)11-29-20-21-17-6-4-5-7-18(17)28-20/h4-7,15H,8-12H2,1-3H3. The fourth-order valence-electron chi connectivity index (χ4n) is 3.72. The molecule has 0 aliphatic carbocycles. The summed E-state index contributed by atoms with van der Waals surface area (Å²) in [7, 11) is -1.23. The van der Waals surface area contributed by atoms with E-state index in [0.29, 0.717) is 23.8 Å². The van der Waals surface area contributed by atoms with Crippen LogP contribution in [0.3, 0.4) is 0 Å². The molecule has 1 amide bonds. The number of fused-ring (bicyclic) bond motifs is 1. The predicted octanol–water partition coefficient (Wildman–Crippen LogP) is 2.75. The summed E-state index contributed by atoms with van der Waals surface area (Å²) in [5.74, 6) is 0.509. The van der Waals surface area contributed by atoms with Gasteiger partial charge in [-0.05, 0) is 32.4 Å². The minimum atomic E-state index is -2.99. The monoisotopic (exact) mass is 448 g/mol. The van der Waals surface area contributed by atoms with E-state index in [2.05, 4.69) is 10.1 Å². The van der Waals surface area contributed by atoms with Crippen LogP contribution in [0.25, 0.3) is 11.1 Å². The van der Waals surface area contributed by atoms with Crippen molar-refractivity contribution in [2.24, 2.45) is 0 Å². The molecular weight excluding hydrogens is 424 g/mol. The molecule has 0 N–H and O–H groups in total. The molecular formula is C20H24N4O4S2. The quantitative estimate of drug-likeness (QED) is 0.535. The highest BCUT2D eigenvalue weighted by atomic mass is 32.2. The maximum Gasteiger partial charge on any atom is 0.257 e. The average molecular weight is 449 g/mol. The smallest absolute Gasteiger partial charge is 0.257 e. The number of aromatic nitrogens is 3. The van der Waals surface area contributed by atoms with Gasteiger partial charge in [-0.1, -0.05) is 23.9 Å². The summed E-state index contributed by atoms with van der Waals surface area (Å²) >= 11 is 1.27. The van der Waals surface area contributed by atoms with Gasteiger partial charge in [-0.2, -0.15) is 5.10 Å². The number of amides is 1. The fourth-order valence-corrected chi connectivity index (χ4v) is 6.19. The Hall–Kier alpha value is -2.33. The highest BCUT2D eigenvalue weighted by Crippen LogP contribution is 2.28. The largest absolute Gasteiger partial charge is 0.431 e. The first kappa shape index (κ1) is 20.9. The Morgan fingerprint density at radius 3 is 2.80 bits per heavy atom. The van der Waals surface area contributed by atoms with Crippen molar-refractivity contribution in [3.63, 3.8) is 0 Å². The molecule has 4 rings (SSSR count). The fraction of sp³-hybridized carbons (Fsp3) is 0.450. The molecule has 0 bridgehead atoms. The number of thioether (sulfide) groups is 1. The van der Waals surface area contributed by atoms with Gasteiger partial charge in [0.05, 0.1) is 29.0 Å². The van der Waals surface area contributed by atoms with Gasteiger partial charge in [0.15, 0.2) is 15.4 Å². The molecule has 10 heteroatoms. The summed E-state index contributed by atoms with van der Waals surface area (Å²) in [4.78, 5) is 18.7. The third kappa shape index (κ3) is 4.24. The number of benzene rings is 1. The van der Waals surface area contributed by atoms with E-state index in [1.165, 1.54) is 11.8 Å². The molecule has 1 unspecified atom stereocenters. The number of carbonyl (C=O) groups is 1. The Bertz CT molecular complexity index is 1170. The number of para-hydroxylation sites is 2. The number of sulfone groups is 1. The number of carbonyl (C=O) groups excluding carboxylic acids is 1. The summed E-state index contributed by atoms with van der Waals surface area (Å²) in [6.45, 7) is 4.25. The van der Waals surface area contributed by atoms with Crippen LogP contribution < -0.4 is 0 Å². The van der Waals surface area contributed by atoms with Crippen LogP contribution in [-0.4, -0.2) is 58.3 Å². The summed E-state index contributed by atoms with van der Waals surface area (Å²) in [5, 5.41) is 5.04. The first-order valence-corrected chi connectivity index (χ1v) is 12.5. The van der Waals surface area contributed by atoms with Gasteiger partial charge in [0.2, 0.25) is 5.91 Å². The maximum atomic E-state index is 12.6. The minimum absolute atomic E-state index is 0.0442. The summed E-state index contributed by atoms with van der Waals surface area (Å²) in [6.07, 6.45) is 0.583. The van der Waals surface area contributed by atoms with E-state index in [4.69, 9.17) is 4.42 Å². The first-order valence-electron chi connectivity index (χ1n) is 9.71. The lowest BCUT2D eigenvalue weighted by atomic mass is 10.1. The molecule has 1 aliphatic rings. The lowest BCUT2D eigenvalue weighted by Gasteiger charge is -2.17. The Labute approximate surface area is 179 Å². The van der Waals surface area contributed by atoms with Gasteiger partial charge in [-0.25, -0.2) is 13.4 Å². The van der Waals surface area contributed by atoms with Crippen LogP contribution >= 0.6 is 11.8 Å². The predicted molar refractivity (Wildman–Crippen MR) is 115 cm³/mol. The van der Waals surface area contributed by atoms with Gasteiger partial charge < -0.3 is 9.32 Å². The van der Waals surface area contributed by atoms with E-state index in [-0.39, 0.29) is 29.2 Å². The van der Waals surface area contributed by atoms with Crippen LogP contribution in [0.15, 0.2) is 33.9 Å². The Balaban J connectivity index is 1.40. The van der Waals surface area contributed by atoms with Crippen molar-refractivity contribution in [3.8, 4) is 0 Å². The Morgan fingerprint density at radius 1 is 1.33 bits per heavy atom. The van der Waals surface area contributed by atoms with Crippen molar-refractivity contribution in [2.45, 2.75) is 38.1 Å². The van der Waals surface area contributed by atoms with Gasteiger partial charge in [0, 0.05) is 24.8 Å². The highest BCUT2D eigenvalue weighted by Gasteiger charge is 2.31. The van der Waals surface area contributed by atoms with Crippen LogP contribution in [0.2, 0.25) is 0 Å². The maximum absolute atomic E-state index is 12.6. The molecule has 8 nitrogen and oxygen atoms in total. The van der Waals surface area contributed by atoms with Crippen molar-refractivity contribution in [2.75, 3.05) is 24.3 Å². The van der Waals surface area contributed by atoms with E-state index >= 15 is 0 Å². The van der Waals surface area contributed by atoms with E-state index in [1.807, 2.05) is 42.8 Å². The number of hydrogen-bond acceptors (Lipinski definition) is 7. The second kappa shape index (κ2) is 8.07. The van der Waals surface area contributed by atoms with E-state index in [9.17, 15) is 13.2 Å². The Kier molecular flexibility index (Phi) is 5.63. The summed E-state index contributed by atoms with van der Waals surface area (Å²) in [6, 6.07) is 7.36. The normalized spacial score (nSPS) is 18.2. The van der Waals surface area contributed by atoms with Crippen molar-refractivity contribution < 1.29 is 17.6 Å². The molecule has 1 atom stereocenters.